The number of carbonyl (C=O) groups excluding carboxylic acids is 2. The quantitative estimate of drug-likeness (QED) is 0.747. The van der Waals surface area contributed by atoms with Gasteiger partial charge in [0, 0.05) is 30.6 Å². The summed E-state index contributed by atoms with van der Waals surface area (Å²) < 4.78 is 5.22. The molecule has 138 valence electrons. The molecule has 2 rings (SSSR count). The van der Waals surface area contributed by atoms with Gasteiger partial charge in [0.1, 0.15) is 0 Å². The molecular formula is C19H27ClN2O3. The highest BCUT2D eigenvalue weighted by atomic mass is 35.5. The van der Waals surface area contributed by atoms with Crippen LogP contribution in [0, 0.1) is 0 Å². The fourth-order valence-electron chi connectivity index (χ4n) is 2.81. The summed E-state index contributed by atoms with van der Waals surface area (Å²) >= 11 is 5.86. The Balaban J connectivity index is 1.64. The normalized spacial score (nSPS) is 15.0. The van der Waals surface area contributed by atoms with Crippen LogP contribution in [0.5, 0.6) is 0 Å². The average Bonchev–Trinajstić information content (AvgIpc) is 2.62. The minimum atomic E-state index is -0.235. The zero-order valence-corrected chi connectivity index (χ0v) is 15.6. The Morgan fingerprint density at radius 3 is 2.56 bits per heavy atom. The van der Waals surface area contributed by atoms with Crippen LogP contribution in [0.4, 0.5) is 4.79 Å². The molecule has 1 aromatic rings. The van der Waals surface area contributed by atoms with E-state index in [1.54, 1.807) is 4.90 Å². The lowest BCUT2D eigenvalue weighted by molar-refractivity contribution is -0.122. The number of aryl methyl sites for hydroxylation is 1. The van der Waals surface area contributed by atoms with Gasteiger partial charge >= 0.3 is 6.09 Å². The second-order valence-electron chi connectivity index (χ2n) is 6.42. The van der Waals surface area contributed by atoms with Crippen molar-refractivity contribution in [3.05, 3.63) is 34.9 Å². The summed E-state index contributed by atoms with van der Waals surface area (Å²) in [6, 6.07) is 7.70. The molecule has 2 amide bonds. The zero-order valence-electron chi connectivity index (χ0n) is 14.8. The molecule has 0 atom stereocenters. The van der Waals surface area contributed by atoms with Crippen molar-refractivity contribution in [3.8, 4) is 0 Å². The second kappa shape index (κ2) is 10.3. The van der Waals surface area contributed by atoms with Crippen molar-refractivity contribution in [2.24, 2.45) is 0 Å². The molecule has 1 fully saturated rings. The van der Waals surface area contributed by atoms with Gasteiger partial charge in [-0.25, -0.2) is 4.79 Å². The first-order chi connectivity index (χ1) is 12.1. The number of nitrogens with zero attached hydrogens (tertiary/aromatic N) is 1. The van der Waals surface area contributed by atoms with Crippen LogP contribution < -0.4 is 5.32 Å². The van der Waals surface area contributed by atoms with E-state index in [1.165, 1.54) is 0 Å². The Hall–Kier alpha value is -1.75. The van der Waals surface area contributed by atoms with Gasteiger partial charge in [0.25, 0.3) is 0 Å². The molecule has 0 aromatic heterocycles. The highest BCUT2D eigenvalue weighted by molar-refractivity contribution is 6.30. The van der Waals surface area contributed by atoms with E-state index in [9.17, 15) is 9.59 Å². The molecule has 1 aromatic carbocycles. The predicted octanol–water partition coefficient (Wildman–Crippen LogP) is 3.79. The third-order valence-electron chi connectivity index (χ3n) is 4.40. The first kappa shape index (κ1) is 19.6. The van der Waals surface area contributed by atoms with Crippen LogP contribution in [0.3, 0.4) is 0 Å². The number of carbonyl (C=O) groups is 2. The first-order valence-corrected chi connectivity index (χ1v) is 9.41. The van der Waals surface area contributed by atoms with E-state index < -0.39 is 0 Å². The number of amides is 2. The van der Waals surface area contributed by atoms with Gasteiger partial charge < -0.3 is 15.0 Å². The number of hydrogen-bond donors (Lipinski definition) is 1. The molecule has 0 saturated carbocycles. The molecule has 1 N–H and O–H groups in total. The zero-order chi connectivity index (χ0) is 18.1. The van der Waals surface area contributed by atoms with Crippen LogP contribution in [0.25, 0.3) is 0 Å². The number of unbranched alkanes of at least 4 members (excludes halogenated alkanes) is 1. The van der Waals surface area contributed by atoms with Gasteiger partial charge in [-0.3, -0.25) is 4.79 Å². The van der Waals surface area contributed by atoms with Crippen LogP contribution in [0.15, 0.2) is 24.3 Å². The summed E-state index contributed by atoms with van der Waals surface area (Å²) in [5.74, 6) is 0.0546. The van der Waals surface area contributed by atoms with Crippen molar-refractivity contribution in [3.63, 3.8) is 0 Å². The van der Waals surface area contributed by atoms with Gasteiger partial charge in [-0.05, 0) is 43.4 Å². The molecule has 1 saturated heterocycles. The smallest absolute Gasteiger partial charge is 0.409 e. The minimum absolute atomic E-state index is 0.0546. The van der Waals surface area contributed by atoms with Crippen molar-refractivity contribution in [1.82, 2.24) is 10.2 Å². The maximum absolute atomic E-state index is 12.1. The van der Waals surface area contributed by atoms with Gasteiger partial charge in [0.2, 0.25) is 5.91 Å². The van der Waals surface area contributed by atoms with E-state index in [0.717, 1.165) is 31.2 Å². The van der Waals surface area contributed by atoms with Gasteiger partial charge in [-0.15, -0.1) is 0 Å². The topological polar surface area (TPSA) is 58.6 Å². The van der Waals surface area contributed by atoms with Gasteiger partial charge in [-0.2, -0.15) is 0 Å². The van der Waals surface area contributed by atoms with Gasteiger partial charge in [0.15, 0.2) is 0 Å². The Bertz CT molecular complexity index is 554. The molecule has 0 bridgehead atoms. The van der Waals surface area contributed by atoms with E-state index in [-0.39, 0.29) is 18.0 Å². The number of rotatable bonds is 7. The fraction of sp³-hybridized carbons (Fsp3) is 0.579. The monoisotopic (exact) mass is 366 g/mol. The van der Waals surface area contributed by atoms with Crippen LogP contribution in [0.2, 0.25) is 5.02 Å². The standard InChI is InChI=1S/C19H27ClN2O3/c1-2-3-14-25-19(24)22-12-10-17(11-13-22)21-18(23)9-6-15-4-7-16(20)8-5-15/h4-5,7-8,17H,2-3,6,9-14H2,1H3,(H,21,23). The Morgan fingerprint density at radius 1 is 1.24 bits per heavy atom. The van der Waals surface area contributed by atoms with Crippen LogP contribution >= 0.6 is 11.6 Å². The van der Waals surface area contributed by atoms with Crippen LogP contribution in [-0.2, 0) is 16.0 Å². The second-order valence-corrected chi connectivity index (χ2v) is 6.86. The maximum Gasteiger partial charge on any atom is 0.409 e. The summed E-state index contributed by atoms with van der Waals surface area (Å²) in [4.78, 5) is 25.7. The summed E-state index contributed by atoms with van der Waals surface area (Å²) in [5.41, 5.74) is 1.10. The molecule has 5 nitrogen and oxygen atoms in total. The third kappa shape index (κ3) is 6.94. The van der Waals surface area contributed by atoms with Gasteiger partial charge in [0.05, 0.1) is 6.61 Å². The number of piperidine rings is 1. The molecule has 0 aliphatic carbocycles. The van der Waals surface area contributed by atoms with E-state index in [0.29, 0.717) is 37.6 Å². The van der Waals surface area contributed by atoms with Crippen molar-refractivity contribution in [2.45, 2.75) is 51.5 Å². The molecule has 0 spiro atoms. The van der Waals surface area contributed by atoms with E-state index >= 15 is 0 Å². The summed E-state index contributed by atoms with van der Waals surface area (Å²) in [6.07, 6.45) is 4.38. The van der Waals surface area contributed by atoms with E-state index in [2.05, 4.69) is 12.2 Å². The molecule has 1 aliphatic rings. The van der Waals surface area contributed by atoms with E-state index in [1.807, 2.05) is 24.3 Å². The lowest BCUT2D eigenvalue weighted by Crippen LogP contribution is -2.46. The van der Waals surface area contributed by atoms with Crippen LogP contribution in [0.1, 0.15) is 44.6 Å². The summed E-state index contributed by atoms with van der Waals surface area (Å²) in [7, 11) is 0. The molecule has 6 heteroatoms. The number of ether oxygens (including phenoxy) is 1. The minimum Gasteiger partial charge on any atom is -0.449 e. The Morgan fingerprint density at radius 2 is 1.92 bits per heavy atom. The van der Waals surface area contributed by atoms with Crippen molar-refractivity contribution in [2.75, 3.05) is 19.7 Å². The van der Waals surface area contributed by atoms with Crippen LogP contribution in [-0.4, -0.2) is 42.6 Å². The summed E-state index contributed by atoms with van der Waals surface area (Å²) in [6.45, 7) is 3.81. The Labute approximate surface area is 154 Å². The van der Waals surface area contributed by atoms with Crippen molar-refractivity contribution < 1.29 is 14.3 Å². The SMILES string of the molecule is CCCCOC(=O)N1CCC(NC(=O)CCc2ccc(Cl)cc2)CC1. The average molecular weight is 367 g/mol. The lowest BCUT2D eigenvalue weighted by atomic mass is 10.0. The third-order valence-corrected chi connectivity index (χ3v) is 4.65. The molecule has 0 unspecified atom stereocenters. The molecule has 1 aliphatic heterocycles. The number of halogens is 1. The Kier molecular flexibility index (Phi) is 8.06. The number of benzene rings is 1. The number of likely N-dealkylation sites (tertiary alicyclic amines) is 1. The predicted molar refractivity (Wildman–Crippen MR) is 98.8 cm³/mol. The van der Waals surface area contributed by atoms with Gasteiger partial charge in [-0.1, -0.05) is 37.1 Å². The highest BCUT2D eigenvalue weighted by Gasteiger charge is 2.24. The molecule has 25 heavy (non-hydrogen) atoms. The molecule has 1 heterocycles. The highest BCUT2D eigenvalue weighted by Crippen LogP contribution is 2.13. The summed E-state index contributed by atoms with van der Waals surface area (Å²) in [5, 5.41) is 3.77. The maximum atomic E-state index is 12.1. The number of hydrogen-bond acceptors (Lipinski definition) is 3. The van der Waals surface area contributed by atoms with Crippen molar-refractivity contribution >= 4 is 23.6 Å². The fourth-order valence-corrected chi connectivity index (χ4v) is 2.94. The van der Waals surface area contributed by atoms with Crippen molar-refractivity contribution in [1.29, 1.82) is 0 Å². The molecule has 0 radical (unpaired) electrons. The number of nitrogens with one attached hydrogen (secondary N) is 1. The largest absolute Gasteiger partial charge is 0.449 e. The van der Waals surface area contributed by atoms with E-state index in [4.69, 9.17) is 16.3 Å². The molecular weight excluding hydrogens is 340 g/mol. The first-order valence-electron chi connectivity index (χ1n) is 9.04. The lowest BCUT2D eigenvalue weighted by Gasteiger charge is -2.31.